The van der Waals surface area contributed by atoms with Crippen molar-refractivity contribution in [3.05, 3.63) is 54.1 Å². The van der Waals surface area contributed by atoms with Crippen LogP contribution in [0.4, 0.5) is 9.59 Å². The Labute approximate surface area is 280 Å². The number of fused-ring (bicyclic) bond motifs is 2. The van der Waals surface area contributed by atoms with Crippen LogP contribution in [0.2, 0.25) is 0 Å². The fraction of sp³-hybridized carbons (Fsp3) is 0.576. The van der Waals surface area contributed by atoms with Crippen molar-refractivity contribution in [1.82, 2.24) is 9.21 Å². The number of aliphatic hydroxyl groups is 1. The number of hydrogen-bond donors (Lipinski definition) is 2. The highest BCUT2D eigenvalue weighted by molar-refractivity contribution is 7.89. The topological polar surface area (TPSA) is 190 Å². The van der Waals surface area contributed by atoms with E-state index in [0.717, 1.165) is 10.5 Å². The molecule has 0 spiro atoms. The Kier molecular flexibility index (Phi) is 11.4. The van der Waals surface area contributed by atoms with E-state index in [9.17, 15) is 28.2 Å². The van der Waals surface area contributed by atoms with Gasteiger partial charge in [-0.3, -0.25) is 0 Å². The third-order valence-electron chi connectivity index (χ3n) is 9.13. The van der Waals surface area contributed by atoms with Gasteiger partial charge in [0.05, 0.1) is 42.9 Å². The molecule has 14 nitrogen and oxygen atoms in total. The lowest BCUT2D eigenvalue weighted by molar-refractivity contribution is -0.273. The highest BCUT2D eigenvalue weighted by Gasteiger charge is 2.47. The van der Waals surface area contributed by atoms with Crippen LogP contribution in [0.15, 0.2) is 53.4 Å². The summed E-state index contributed by atoms with van der Waals surface area (Å²) in [6.45, 7) is 3.98. The van der Waals surface area contributed by atoms with Crippen LogP contribution in [0.5, 0.6) is 11.5 Å². The second-order valence-electron chi connectivity index (χ2n) is 13.2. The minimum absolute atomic E-state index is 0.00797. The molecule has 3 aliphatic rings. The number of benzene rings is 2. The molecular weight excluding hydrogens is 646 g/mol. The molecule has 3 heterocycles. The third-order valence-corrected chi connectivity index (χ3v) is 10.9. The molecule has 0 bridgehead atoms. The van der Waals surface area contributed by atoms with Crippen LogP contribution < -0.4 is 20.3 Å². The molecule has 2 fully saturated rings. The van der Waals surface area contributed by atoms with E-state index in [1.807, 2.05) is 44.2 Å². The smallest absolute Gasteiger partial charge is 0.404 e. The number of amides is 2. The van der Waals surface area contributed by atoms with Crippen molar-refractivity contribution >= 4 is 22.2 Å². The summed E-state index contributed by atoms with van der Waals surface area (Å²) in [7, 11) is -4.26. The first-order valence-electron chi connectivity index (χ1n) is 16.1. The summed E-state index contributed by atoms with van der Waals surface area (Å²) >= 11 is 0. The van der Waals surface area contributed by atoms with Crippen molar-refractivity contribution < 1.29 is 51.9 Å². The Bertz CT molecular complexity index is 1520. The summed E-state index contributed by atoms with van der Waals surface area (Å²) in [5, 5.41) is 24.9. The molecule has 3 N–H and O–H groups in total. The molecule has 5 atom stereocenters. The summed E-state index contributed by atoms with van der Waals surface area (Å²) in [5.74, 6) is 0.448. The maximum atomic E-state index is 14.4. The molecule has 2 aromatic carbocycles. The number of ether oxygens (including phenoxy) is 5. The molecule has 15 heteroatoms. The van der Waals surface area contributed by atoms with Crippen LogP contribution in [-0.4, -0.2) is 99.1 Å². The predicted molar refractivity (Wildman–Crippen MR) is 169 cm³/mol. The number of unbranched alkanes of at least 4 members (excludes halogenated alkanes) is 1. The normalized spacial score (nSPS) is 21.5. The quantitative estimate of drug-likeness (QED) is 0.245. The molecule has 2 amide bonds. The monoisotopic (exact) mass is 690 g/mol. The average Bonchev–Trinajstić information content (AvgIpc) is 3.79. The van der Waals surface area contributed by atoms with Gasteiger partial charge in [0.25, 0.3) is 0 Å². The number of carboxylic acid groups (broad SMARTS) is 1. The fourth-order valence-corrected chi connectivity index (χ4v) is 8.38. The van der Waals surface area contributed by atoms with Gasteiger partial charge in [0.2, 0.25) is 16.8 Å². The number of primary amides is 1. The van der Waals surface area contributed by atoms with Gasteiger partial charge in [0, 0.05) is 25.1 Å². The number of carbonyl (C=O) groups excluding carboxylic acids is 2. The summed E-state index contributed by atoms with van der Waals surface area (Å²) in [6, 6.07) is 11.7. The first-order chi connectivity index (χ1) is 22.9. The van der Waals surface area contributed by atoms with E-state index < -0.39 is 58.6 Å². The number of rotatable bonds is 16. The van der Waals surface area contributed by atoms with E-state index in [1.54, 1.807) is 0 Å². The lowest BCUT2D eigenvalue weighted by Crippen LogP contribution is -2.61. The lowest BCUT2D eigenvalue weighted by atomic mass is 9.87. The molecular formula is C33H44N3O11S-. The molecule has 2 aromatic rings. The maximum absolute atomic E-state index is 14.4. The second-order valence-corrected chi connectivity index (χ2v) is 15.1. The second kappa shape index (κ2) is 15.3. The highest BCUT2D eigenvalue weighted by Crippen LogP contribution is 2.38. The molecule has 5 rings (SSSR count). The van der Waals surface area contributed by atoms with Crippen molar-refractivity contribution in [1.29, 1.82) is 0 Å². The lowest BCUT2D eigenvalue weighted by Gasteiger charge is -2.43. The summed E-state index contributed by atoms with van der Waals surface area (Å²) in [6.07, 6.45) is -1.99. The number of nitrogens with two attached hydrogens (primary N) is 1. The number of nitrogens with zero attached hydrogens (tertiary/aromatic N) is 2. The van der Waals surface area contributed by atoms with Gasteiger partial charge < -0.3 is 49.3 Å². The van der Waals surface area contributed by atoms with Crippen LogP contribution in [0.3, 0.4) is 0 Å². The Balaban J connectivity index is 1.45. The van der Waals surface area contributed by atoms with Gasteiger partial charge >= 0.3 is 6.09 Å². The highest BCUT2D eigenvalue weighted by atomic mass is 32.2. The number of sulfonamides is 1. The minimum Gasteiger partial charge on any atom is -0.530 e. The maximum Gasteiger partial charge on any atom is 0.404 e. The average molecular weight is 691 g/mol. The van der Waals surface area contributed by atoms with Crippen molar-refractivity contribution in [3.8, 4) is 11.5 Å². The zero-order valence-corrected chi connectivity index (χ0v) is 28.0. The van der Waals surface area contributed by atoms with Gasteiger partial charge in [-0.05, 0) is 55.2 Å². The predicted octanol–water partition coefficient (Wildman–Crippen LogP) is 2.08. The van der Waals surface area contributed by atoms with Crippen LogP contribution >= 0.6 is 0 Å². The molecule has 264 valence electrons. The number of carbonyl (C=O) groups is 2. The van der Waals surface area contributed by atoms with Gasteiger partial charge in [-0.15, -0.1) is 0 Å². The van der Waals surface area contributed by atoms with E-state index >= 15 is 0 Å². The van der Waals surface area contributed by atoms with Crippen molar-refractivity contribution in [3.63, 3.8) is 0 Å². The Morgan fingerprint density at radius 2 is 1.85 bits per heavy atom. The van der Waals surface area contributed by atoms with Crippen molar-refractivity contribution in [2.24, 2.45) is 17.1 Å². The molecule has 0 saturated carbocycles. The zero-order chi connectivity index (χ0) is 34.5. The van der Waals surface area contributed by atoms with Gasteiger partial charge in [-0.1, -0.05) is 44.2 Å². The van der Waals surface area contributed by atoms with Crippen LogP contribution in [-0.2, 0) is 30.7 Å². The van der Waals surface area contributed by atoms with E-state index in [2.05, 4.69) is 0 Å². The first kappa shape index (κ1) is 35.7. The molecule has 0 aliphatic carbocycles. The van der Waals surface area contributed by atoms with E-state index in [1.165, 1.54) is 22.5 Å². The van der Waals surface area contributed by atoms with Gasteiger partial charge in [-0.25, -0.2) is 13.2 Å². The van der Waals surface area contributed by atoms with Crippen molar-refractivity contribution in [2.75, 3.05) is 39.7 Å². The van der Waals surface area contributed by atoms with E-state index in [0.29, 0.717) is 38.0 Å². The molecule has 0 aromatic heterocycles. The van der Waals surface area contributed by atoms with Gasteiger partial charge in [0.15, 0.2) is 17.8 Å². The van der Waals surface area contributed by atoms with Crippen LogP contribution in [0.1, 0.15) is 45.1 Å². The standard InChI is InChI=1S/C33H45N3O11S/c1-33(2,13-6-7-14-44-31(34)38)20-35(48(41,42)23-10-11-28-29(17-23)47-21-46-28)18-27(37)25(16-22-8-4-3-5-9-22)36(32(39)40)26-19-45-30-24(26)12-15-43-30/h3-5,8-11,17,24-27,30,37H,6-7,12-16,18-21H2,1-2H3,(H2,34,38)(H,39,40)/p-1/t24-,25-,26-,27+,30+/m0/s1. The molecule has 3 aliphatic heterocycles. The SMILES string of the molecule is CC(C)(CCCCOC(N)=O)CN(C[C@@H](O)[C@H](Cc1ccccc1)N(C(=O)[O-])[C@H]1CO[C@H]2OCC[C@H]21)S(=O)(=O)c1ccc2c(c1)OCO2. The zero-order valence-electron chi connectivity index (χ0n) is 27.2. The van der Waals surface area contributed by atoms with Crippen LogP contribution in [0, 0.1) is 11.3 Å². The number of aliphatic hydroxyl groups excluding tert-OH is 1. The largest absolute Gasteiger partial charge is 0.530 e. The summed E-state index contributed by atoms with van der Waals surface area (Å²) in [4.78, 5) is 24.9. The molecule has 2 saturated heterocycles. The molecule has 0 radical (unpaired) electrons. The van der Waals surface area contributed by atoms with Crippen LogP contribution in [0.25, 0.3) is 0 Å². The third kappa shape index (κ3) is 8.50. The fourth-order valence-electron chi connectivity index (χ4n) is 6.72. The molecule has 0 unspecified atom stereocenters. The Hall–Kier alpha value is -3.63. The Morgan fingerprint density at radius 3 is 2.58 bits per heavy atom. The number of hydrogen-bond acceptors (Lipinski definition) is 11. The first-order valence-corrected chi connectivity index (χ1v) is 17.6. The summed E-state index contributed by atoms with van der Waals surface area (Å²) in [5.41, 5.74) is 5.21. The molecule has 48 heavy (non-hydrogen) atoms. The van der Waals surface area contributed by atoms with E-state index in [-0.39, 0.29) is 49.5 Å². The van der Waals surface area contributed by atoms with Gasteiger partial charge in [0.1, 0.15) is 6.09 Å². The summed E-state index contributed by atoms with van der Waals surface area (Å²) < 4.78 is 57.0. The van der Waals surface area contributed by atoms with Gasteiger partial charge in [-0.2, -0.15) is 4.31 Å². The van der Waals surface area contributed by atoms with E-state index in [4.69, 9.17) is 29.4 Å². The Morgan fingerprint density at radius 1 is 1.10 bits per heavy atom. The van der Waals surface area contributed by atoms with Crippen molar-refractivity contribution in [2.45, 2.75) is 75.3 Å². The minimum atomic E-state index is -4.26.